The first-order chi connectivity index (χ1) is 15.9. The van der Waals surface area contributed by atoms with Gasteiger partial charge in [0.05, 0.1) is 31.3 Å². The van der Waals surface area contributed by atoms with E-state index in [4.69, 9.17) is 14.2 Å². The standard InChI is InChI=1S/C24H42N4O5/c1-16(2)33-23(29)27-13-17(3)28(24(30)31-4)21-6-5-19(11-22(21)27)20-12-25-26(15-20)14-18-7-9-32-10-8-18/h16-22,25H,5-15H2,1-4H3/t17-,19?,20?,21?,22?/m0/s1. The van der Waals surface area contributed by atoms with Crippen LogP contribution in [0.1, 0.15) is 52.9 Å². The highest BCUT2D eigenvalue weighted by atomic mass is 16.6. The van der Waals surface area contributed by atoms with Crippen molar-refractivity contribution in [3.05, 3.63) is 0 Å². The summed E-state index contributed by atoms with van der Waals surface area (Å²) in [5.74, 6) is 1.77. The summed E-state index contributed by atoms with van der Waals surface area (Å²) in [7, 11) is 1.44. The number of methoxy groups -OCH3 is 1. The van der Waals surface area contributed by atoms with Crippen molar-refractivity contribution < 1.29 is 23.8 Å². The third-order valence-electron chi connectivity index (χ3n) is 7.99. The first kappa shape index (κ1) is 24.5. The number of fused-ring (bicyclic) bond motifs is 1. The molecule has 2 amide bonds. The largest absolute Gasteiger partial charge is 0.453 e. The number of carbonyl (C=O) groups is 2. The summed E-state index contributed by atoms with van der Waals surface area (Å²) in [6, 6.07) is -0.155. The molecule has 0 bridgehead atoms. The molecule has 0 aromatic carbocycles. The molecular formula is C24H42N4O5. The second-order valence-electron chi connectivity index (χ2n) is 10.6. The van der Waals surface area contributed by atoms with E-state index in [0.717, 1.165) is 65.0 Å². The lowest BCUT2D eigenvalue weighted by molar-refractivity contribution is -0.0444. The third-order valence-corrected chi connectivity index (χ3v) is 7.99. The Morgan fingerprint density at radius 1 is 1.03 bits per heavy atom. The molecule has 9 nitrogen and oxygen atoms in total. The zero-order valence-corrected chi connectivity index (χ0v) is 20.7. The quantitative estimate of drug-likeness (QED) is 0.682. The first-order valence-corrected chi connectivity index (χ1v) is 12.8. The van der Waals surface area contributed by atoms with Crippen molar-refractivity contribution in [3.63, 3.8) is 0 Å². The smallest absolute Gasteiger partial charge is 0.410 e. The highest BCUT2D eigenvalue weighted by Gasteiger charge is 2.49. The van der Waals surface area contributed by atoms with Gasteiger partial charge < -0.3 is 19.1 Å². The van der Waals surface area contributed by atoms with Crippen LogP contribution in [0, 0.1) is 17.8 Å². The number of hydrazine groups is 1. The maximum atomic E-state index is 13.0. The van der Waals surface area contributed by atoms with Crippen LogP contribution in [-0.4, -0.2) is 97.7 Å². The van der Waals surface area contributed by atoms with Crippen LogP contribution in [0.4, 0.5) is 9.59 Å². The fourth-order valence-electron chi connectivity index (χ4n) is 6.34. The molecule has 4 unspecified atom stereocenters. The highest BCUT2D eigenvalue weighted by molar-refractivity contribution is 5.72. The number of hydrogen-bond donors (Lipinski definition) is 1. The molecule has 0 aromatic rings. The molecule has 4 fully saturated rings. The summed E-state index contributed by atoms with van der Waals surface area (Å²) in [5.41, 5.74) is 3.63. The van der Waals surface area contributed by atoms with E-state index in [-0.39, 0.29) is 36.4 Å². The first-order valence-electron chi connectivity index (χ1n) is 12.8. The van der Waals surface area contributed by atoms with Gasteiger partial charge in [-0.1, -0.05) is 0 Å². The van der Waals surface area contributed by atoms with Crippen LogP contribution in [0.15, 0.2) is 0 Å². The Morgan fingerprint density at radius 2 is 1.79 bits per heavy atom. The van der Waals surface area contributed by atoms with Gasteiger partial charge in [0, 0.05) is 39.4 Å². The van der Waals surface area contributed by atoms with E-state index in [1.165, 1.54) is 7.11 Å². The number of hydrogen-bond acceptors (Lipinski definition) is 7. The molecule has 5 atom stereocenters. The molecular weight excluding hydrogens is 424 g/mol. The van der Waals surface area contributed by atoms with Gasteiger partial charge in [0.15, 0.2) is 0 Å². The van der Waals surface area contributed by atoms with Crippen LogP contribution in [0.25, 0.3) is 0 Å². The SMILES string of the molecule is COC(=O)N1C2CCC(C3CNN(CC4CCOCC4)C3)CC2N(C(=O)OC(C)C)C[C@@H]1C. The normalized spacial score (nSPS) is 33.8. The zero-order valence-electron chi connectivity index (χ0n) is 20.7. The Hall–Kier alpha value is -1.58. The van der Waals surface area contributed by atoms with Crippen molar-refractivity contribution >= 4 is 12.2 Å². The van der Waals surface area contributed by atoms with E-state index in [9.17, 15) is 9.59 Å². The molecule has 0 radical (unpaired) electrons. The predicted octanol–water partition coefficient (Wildman–Crippen LogP) is 2.70. The average Bonchev–Trinajstić information content (AvgIpc) is 3.26. The van der Waals surface area contributed by atoms with E-state index < -0.39 is 0 Å². The zero-order chi connectivity index (χ0) is 23.5. The lowest BCUT2D eigenvalue weighted by atomic mass is 9.73. The number of piperazine rings is 1. The minimum Gasteiger partial charge on any atom is -0.453 e. The van der Waals surface area contributed by atoms with Gasteiger partial charge in [0.25, 0.3) is 0 Å². The summed E-state index contributed by atoms with van der Waals surface area (Å²) in [6.07, 6.45) is 4.41. The van der Waals surface area contributed by atoms with Crippen molar-refractivity contribution in [3.8, 4) is 0 Å². The molecule has 0 spiro atoms. The average molecular weight is 467 g/mol. The monoisotopic (exact) mass is 466 g/mol. The lowest BCUT2D eigenvalue weighted by Gasteiger charge is -2.53. The van der Waals surface area contributed by atoms with Crippen molar-refractivity contribution in [2.24, 2.45) is 17.8 Å². The van der Waals surface area contributed by atoms with E-state index in [1.54, 1.807) is 0 Å². The van der Waals surface area contributed by atoms with Gasteiger partial charge in [-0.25, -0.2) is 14.6 Å². The number of carbonyl (C=O) groups excluding carboxylic acids is 2. The molecule has 3 heterocycles. The minimum absolute atomic E-state index is 0.0233. The van der Waals surface area contributed by atoms with Gasteiger partial charge in [0.2, 0.25) is 0 Å². The molecule has 188 valence electrons. The van der Waals surface area contributed by atoms with Crippen molar-refractivity contribution in [2.75, 3.05) is 46.5 Å². The maximum Gasteiger partial charge on any atom is 0.410 e. The summed E-state index contributed by atoms with van der Waals surface area (Å²) in [6.45, 7) is 11.1. The summed E-state index contributed by atoms with van der Waals surface area (Å²) in [5, 5.41) is 2.40. The van der Waals surface area contributed by atoms with E-state index >= 15 is 0 Å². The van der Waals surface area contributed by atoms with Crippen molar-refractivity contribution in [1.29, 1.82) is 0 Å². The van der Waals surface area contributed by atoms with Crippen LogP contribution in [0.3, 0.4) is 0 Å². The van der Waals surface area contributed by atoms with Crippen LogP contribution in [-0.2, 0) is 14.2 Å². The molecule has 9 heteroatoms. The molecule has 4 rings (SSSR count). The maximum absolute atomic E-state index is 13.0. The summed E-state index contributed by atoms with van der Waals surface area (Å²) >= 11 is 0. The lowest BCUT2D eigenvalue weighted by Crippen LogP contribution is -2.67. The van der Waals surface area contributed by atoms with Crippen molar-refractivity contribution in [1.82, 2.24) is 20.2 Å². The van der Waals surface area contributed by atoms with E-state index in [2.05, 4.69) is 10.4 Å². The molecule has 3 saturated heterocycles. The topological polar surface area (TPSA) is 83.6 Å². The molecule has 33 heavy (non-hydrogen) atoms. The minimum atomic E-state index is -0.294. The van der Waals surface area contributed by atoms with Gasteiger partial charge >= 0.3 is 12.2 Å². The van der Waals surface area contributed by atoms with Crippen LogP contribution in [0.2, 0.25) is 0 Å². The molecule has 4 aliphatic rings. The molecule has 1 N–H and O–H groups in total. The van der Waals surface area contributed by atoms with Crippen molar-refractivity contribution in [2.45, 2.75) is 77.1 Å². The second-order valence-corrected chi connectivity index (χ2v) is 10.6. The Bertz CT molecular complexity index is 686. The number of nitrogens with zero attached hydrogens (tertiary/aromatic N) is 3. The van der Waals surface area contributed by atoms with Crippen LogP contribution in [0.5, 0.6) is 0 Å². The van der Waals surface area contributed by atoms with Crippen LogP contribution < -0.4 is 5.43 Å². The Balaban J connectivity index is 1.43. The number of amides is 2. The summed E-state index contributed by atoms with van der Waals surface area (Å²) in [4.78, 5) is 29.4. The van der Waals surface area contributed by atoms with E-state index in [1.807, 2.05) is 30.6 Å². The van der Waals surface area contributed by atoms with E-state index in [0.29, 0.717) is 24.3 Å². The molecule has 3 aliphatic heterocycles. The summed E-state index contributed by atoms with van der Waals surface area (Å²) < 4.78 is 16.2. The van der Waals surface area contributed by atoms with Crippen LogP contribution >= 0.6 is 0 Å². The number of ether oxygens (including phenoxy) is 3. The van der Waals surface area contributed by atoms with Gasteiger partial charge in [-0.15, -0.1) is 0 Å². The molecule has 1 saturated carbocycles. The molecule has 0 aromatic heterocycles. The van der Waals surface area contributed by atoms with Gasteiger partial charge in [0.1, 0.15) is 0 Å². The number of nitrogens with one attached hydrogen (secondary N) is 1. The Kier molecular flexibility index (Phi) is 8.02. The predicted molar refractivity (Wildman–Crippen MR) is 124 cm³/mol. The third kappa shape index (κ3) is 5.57. The Labute approximate surface area is 198 Å². The highest BCUT2D eigenvalue weighted by Crippen LogP contribution is 2.40. The van der Waals surface area contributed by atoms with Gasteiger partial charge in [-0.3, -0.25) is 10.3 Å². The van der Waals surface area contributed by atoms with Gasteiger partial charge in [-0.05, 0) is 70.6 Å². The fourth-order valence-corrected chi connectivity index (χ4v) is 6.34. The molecule has 1 aliphatic carbocycles. The second kappa shape index (κ2) is 10.8. The van der Waals surface area contributed by atoms with Gasteiger partial charge in [-0.2, -0.15) is 0 Å². The Morgan fingerprint density at radius 3 is 2.48 bits per heavy atom. The number of rotatable bonds is 4. The fraction of sp³-hybridized carbons (Fsp3) is 0.917.